The third-order valence-corrected chi connectivity index (χ3v) is 8.64. The van der Waals surface area contributed by atoms with Gasteiger partial charge in [-0.1, -0.05) is 113 Å². The van der Waals surface area contributed by atoms with Crippen LogP contribution in [0.15, 0.2) is 102 Å². The number of hydrogen-bond acceptors (Lipinski definition) is 6. The first-order valence-corrected chi connectivity index (χ1v) is 15.7. The summed E-state index contributed by atoms with van der Waals surface area (Å²) >= 11 is 18.4. The smallest absolute Gasteiger partial charge is 0.272 e. The van der Waals surface area contributed by atoms with Gasteiger partial charge in [-0.3, -0.25) is 4.79 Å². The van der Waals surface area contributed by atoms with Gasteiger partial charge in [-0.25, -0.2) is 0 Å². The molecular weight excluding hydrogens is 631 g/mol. The molecule has 0 radical (unpaired) electrons. The third kappa shape index (κ3) is 8.42. The van der Waals surface area contributed by atoms with Crippen LogP contribution in [0.5, 0.6) is 0 Å². The minimum atomic E-state index is -2.02. The Bertz CT molecular complexity index is 1530. The number of aliphatic hydroxyl groups excluding tert-OH is 1. The van der Waals surface area contributed by atoms with E-state index in [1.807, 2.05) is 78.9 Å². The van der Waals surface area contributed by atoms with Gasteiger partial charge in [0.1, 0.15) is 0 Å². The van der Waals surface area contributed by atoms with Crippen molar-refractivity contribution in [3.63, 3.8) is 0 Å². The monoisotopic (exact) mass is 658 g/mol. The lowest BCUT2D eigenvalue weighted by Crippen LogP contribution is -2.33. The molecule has 0 aliphatic carbocycles. The molecule has 1 amide bonds. The van der Waals surface area contributed by atoms with E-state index in [0.29, 0.717) is 17.2 Å². The Morgan fingerprint density at radius 2 is 1.67 bits per heavy atom. The summed E-state index contributed by atoms with van der Waals surface area (Å²) in [5.41, 5.74) is 5.48. The summed E-state index contributed by atoms with van der Waals surface area (Å²) in [5, 5.41) is 24.9. The van der Waals surface area contributed by atoms with Crippen LogP contribution >= 0.6 is 46.6 Å². The molecule has 1 saturated heterocycles. The molecule has 1 aromatic heterocycles. The van der Waals surface area contributed by atoms with Gasteiger partial charge in [0, 0.05) is 36.4 Å². The average molecular weight is 660 g/mol. The van der Waals surface area contributed by atoms with Gasteiger partial charge in [-0.15, -0.1) is 0 Å². The van der Waals surface area contributed by atoms with E-state index < -0.39 is 16.0 Å². The zero-order chi connectivity index (χ0) is 30.4. The van der Waals surface area contributed by atoms with Crippen molar-refractivity contribution in [3.8, 4) is 11.1 Å². The summed E-state index contributed by atoms with van der Waals surface area (Å²) in [4.78, 5) is 11.9. The van der Waals surface area contributed by atoms with Crippen molar-refractivity contribution in [2.75, 3.05) is 5.75 Å². The second kappa shape index (κ2) is 14.3. The standard InChI is InChI=1S/C32H29Cl3N2O5S/c33-32(34,35)31(39)36-18-22-4-3-5-26(16-22)23-11-13-25(14-12-23)30-41-27(20-43-29-6-1-2-15-37(29)40)17-28(42-30)24-9-7-21(19-38)8-10-24/h1-16,27-28,30,38H,17-20H2,(H,36,39)/t27-,28+,30+/m1/s1. The molecule has 0 saturated carbocycles. The van der Waals surface area contributed by atoms with Crippen LogP contribution in [0.3, 0.4) is 0 Å². The number of nitrogens with one attached hydrogen (secondary N) is 1. The lowest BCUT2D eigenvalue weighted by atomic mass is 9.99. The van der Waals surface area contributed by atoms with Gasteiger partial charge in [0.15, 0.2) is 12.5 Å². The fourth-order valence-electron chi connectivity index (χ4n) is 4.70. The second-order valence-corrected chi connectivity index (χ2v) is 13.4. The number of aliphatic hydroxyl groups is 1. The van der Waals surface area contributed by atoms with Crippen molar-refractivity contribution in [3.05, 3.63) is 125 Å². The summed E-state index contributed by atoms with van der Waals surface area (Å²) in [5.74, 6) is -0.105. The predicted octanol–water partition coefficient (Wildman–Crippen LogP) is 6.80. The van der Waals surface area contributed by atoms with Crippen molar-refractivity contribution in [2.24, 2.45) is 0 Å². The zero-order valence-corrected chi connectivity index (χ0v) is 26.0. The number of pyridine rings is 1. The first-order valence-electron chi connectivity index (χ1n) is 13.6. The quantitative estimate of drug-likeness (QED) is 0.0888. The Morgan fingerprint density at radius 3 is 2.37 bits per heavy atom. The number of hydrogen-bond donors (Lipinski definition) is 2. The molecule has 2 heterocycles. The molecule has 1 fully saturated rings. The molecule has 11 heteroatoms. The van der Waals surface area contributed by atoms with Crippen LogP contribution in [0, 0.1) is 5.21 Å². The highest BCUT2D eigenvalue weighted by Crippen LogP contribution is 2.39. The Morgan fingerprint density at radius 1 is 0.930 bits per heavy atom. The van der Waals surface area contributed by atoms with Gasteiger partial charge in [0.05, 0.1) is 18.8 Å². The number of halogens is 3. The van der Waals surface area contributed by atoms with Crippen LogP contribution in [0.2, 0.25) is 0 Å². The molecular formula is C32H29Cl3N2O5S. The summed E-state index contributed by atoms with van der Waals surface area (Å²) < 4.78 is 11.7. The van der Waals surface area contributed by atoms with Gasteiger partial charge in [0.2, 0.25) is 0 Å². The molecule has 2 N–H and O–H groups in total. The number of carbonyl (C=O) groups excluding carboxylic acids is 1. The van der Waals surface area contributed by atoms with Gasteiger partial charge in [-0.05, 0) is 39.9 Å². The highest BCUT2D eigenvalue weighted by molar-refractivity contribution is 7.99. The summed E-state index contributed by atoms with van der Waals surface area (Å²) in [6, 6.07) is 28.7. The fraction of sp³-hybridized carbons (Fsp3) is 0.250. The Balaban J connectivity index is 1.32. The molecule has 1 aliphatic rings. The van der Waals surface area contributed by atoms with Crippen molar-refractivity contribution >= 4 is 52.5 Å². The van der Waals surface area contributed by atoms with E-state index in [0.717, 1.165) is 38.1 Å². The summed E-state index contributed by atoms with van der Waals surface area (Å²) in [7, 11) is 0. The number of rotatable bonds is 9. The van der Waals surface area contributed by atoms with E-state index in [9.17, 15) is 15.1 Å². The number of benzene rings is 3. The molecule has 43 heavy (non-hydrogen) atoms. The molecule has 1 aliphatic heterocycles. The normalized spacial score (nSPS) is 18.7. The average Bonchev–Trinajstić information content (AvgIpc) is 3.03. The molecule has 5 rings (SSSR count). The number of alkyl halides is 3. The van der Waals surface area contributed by atoms with Gasteiger partial charge in [-0.2, -0.15) is 4.73 Å². The first-order chi connectivity index (χ1) is 20.7. The van der Waals surface area contributed by atoms with E-state index in [4.69, 9.17) is 44.3 Å². The molecule has 3 atom stereocenters. The zero-order valence-electron chi connectivity index (χ0n) is 22.9. The number of carbonyl (C=O) groups is 1. The molecule has 7 nitrogen and oxygen atoms in total. The van der Waals surface area contributed by atoms with E-state index in [1.165, 1.54) is 18.0 Å². The Kier molecular flexibility index (Phi) is 10.5. The van der Waals surface area contributed by atoms with E-state index in [2.05, 4.69) is 5.32 Å². The van der Waals surface area contributed by atoms with Crippen LogP contribution in [-0.4, -0.2) is 26.7 Å². The molecule has 224 valence electrons. The number of thioether (sulfide) groups is 1. The summed E-state index contributed by atoms with van der Waals surface area (Å²) in [6.45, 7) is 0.194. The van der Waals surface area contributed by atoms with Gasteiger partial charge in [0.25, 0.3) is 14.7 Å². The highest BCUT2D eigenvalue weighted by Gasteiger charge is 2.33. The first kappa shape index (κ1) is 31.6. The van der Waals surface area contributed by atoms with Crippen molar-refractivity contribution in [2.45, 2.75) is 46.9 Å². The van der Waals surface area contributed by atoms with E-state index in [1.54, 1.807) is 12.1 Å². The molecule has 4 aromatic rings. The molecule has 0 bridgehead atoms. The van der Waals surface area contributed by atoms with Crippen LogP contribution < -0.4 is 10.0 Å². The van der Waals surface area contributed by atoms with Gasteiger partial charge < -0.3 is 25.1 Å². The van der Waals surface area contributed by atoms with Crippen LogP contribution in [-0.2, 0) is 27.4 Å². The lowest BCUT2D eigenvalue weighted by Gasteiger charge is -2.36. The Labute approximate surface area is 269 Å². The van der Waals surface area contributed by atoms with Crippen LogP contribution in [0.25, 0.3) is 11.1 Å². The second-order valence-electron chi connectivity index (χ2n) is 10.0. The van der Waals surface area contributed by atoms with Crippen molar-refractivity contribution in [1.82, 2.24) is 5.32 Å². The third-order valence-electron chi connectivity index (χ3n) is 6.97. The maximum Gasteiger partial charge on any atom is 0.272 e. The topological polar surface area (TPSA) is 94.7 Å². The molecule has 0 unspecified atom stereocenters. The number of amides is 1. The SMILES string of the molecule is O=C(NCc1cccc(-c2ccc([C@H]3O[C@@H](CSc4cccc[n+]4[O-])C[C@@H](c4ccc(CO)cc4)O3)cc2)c1)C(Cl)(Cl)Cl. The maximum atomic E-state index is 12.2. The predicted molar refractivity (Wildman–Crippen MR) is 169 cm³/mol. The number of nitrogens with zero attached hydrogens (tertiary/aromatic N) is 1. The van der Waals surface area contributed by atoms with Gasteiger partial charge >= 0.3 is 0 Å². The highest BCUT2D eigenvalue weighted by atomic mass is 35.6. The molecule has 3 aromatic carbocycles. The van der Waals surface area contributed by atoms with E-state index >= 15 is 0 Å². The van der Waals surface area contributed by atoms with Crippen LogP contribution in [0.1, 0.15) is 41.1 Å². The summed E-state index contributed by atoms with van der Waals surface area (Å²) in [6.07, 6.45) is 1.08. The van der Waals surface area contributed by atoms with Crippen LogP contribution in [0.4, 0.5) is 0 Å². The van der Waals surface area contributed by atoms with Crippen molar-refractivity contribution in [1.29, 1.82) is 0 Å². The number of ether oxygens (including phenoxy) is 2. The fourth-order valence-corrected chi connectivity index (χ4v) is 5.84. The number of aromatic nitrogens is 1. The minimum absolute atomic E-state index is 0.0259. The Hall–Kier alpha value is -2.82. The minimum Gasteiger partial charge on any atom is -0.618 e. The molecule has 0 spiro atoms. The lowest BCUT2D eigenvalue weighted by molar-refractivity contribution is -0.645. The van der Waals surface area contributed by atoms with E-state index in [-0.39, 0.29) is 25.4 Å². The largest absolute Gasteiger partial charge is 0.618 e. The van der Waals surface area contributed by atoms with Crippen molar-refractivity contribution < 1.29 is 24.1 Å². The maximum absolute atomic E-state index is 12.2.